The van der Waals surface area contributed by atoms with Crippen LogP contribution in [0.2, 0.25) is 0 Å². The quantitative estimate of drug-likeness (QED) is 0.780. The number of anilines is 1. The maximum atomic E-state index is 11.9. The monoisotopic (exact) mass is 285 g/mol. The van der Waals surface area contributed by atoms with Crippen molar-refractivity contribution >= 4 is 28.2 Å². The van der Waals surface area contributed by atoms with E-state index in [4.69, 9.17) is 4.74 Å². The smallest absolute Gasteiger partial charge is 0.341 e. The van der Waals surface area contributed by atoms with Gasteiger partial charge in [0.15, 0.2) is 6.54 Å². The van der Waals surface area contributed by atoms with Crippen LogP contribution in [0.1, 0.15) is 27.7 Å². The van der Waals surface area contributed by atoms with Crippen LogP contribution in [-0.2, 0) is 9.53 Å². The maximum Gasteiger partial charge on any atom is 0.341 e. The largest absolute Gasteiger partial charge is 0.462 e. The molecule has 2 N–H and O–H groups in total. The van der Waals surface area contributed by atoms with Crippen molar-refractivity contribution in [2.24, 2.45) is 0 Å². The van der Waals surface area contributed by atoms with Crippen LogP contribution in [0.3, 0.4) is 0 Å². The summed E-state index contributed by atoms with van der Waals surface area (Å²) in [5, 5.41) is 3.38. The summed E-state index contributed by atoms with van der Waals surface area (Å²) in [5.41, 5.74) is 1.35. The van der Waals surface area contributed by atoms with E-state index in [9.17, 15) is 9.59 Å². The Morgan fingerprint density at radius 3 is 2.47 bits per heavy atom. The molecule has 0 bridgehead atoms. The standard InChI is InChI=1S/C13H20N2O3S/c1-6-18-13(17)11-8(2)9(3)19-12(11)14-10(16)7-15(4)5/h6-7H2,1-5H3,(H,14,16)/p+1. The number of rotatable bonds is 5. The molecule has 0 aliphatic rings. The molecule has 1 heterocycles. The lowest BCUT2D eigenvalue weighted by atomic mass is 10.1. The van der Waals surface area contributed by atoms with Crippen LogP contribution < -0.4 is 10.2 Å². The van der Waals surface area contributed by atoms with E-state index in [2.05, 4.69) is 5.32 Å². The second-order valence-electron chi connectivity index (χ2n) is 4.64. The van der Waals surface area contributed by atoms with E-state index in [0.717, 1.165) is 15.3 Å². The molecule has 1 rings (SSSR count). The molecule has 19 heavy (non-hydrogen) atoms. The van der Waals surface area contributed by atoms with Gasteiger partial charge in [-0.1, -0.05) is 0 Å². The molecule has 0 aliphatic heterocycles. The number of carbonyl (C=O) groups is 2. The summed E-state index contributed by atoms with van der Waals surface area (Å²) in [4.78, 5) is 25.8. The van der Waals surface area contributed by atoms with E-state index in [1.54, 1.807) is 6.92 Å². The fourth-order valence-corrected chi connectivity index (χ4v) is 2.72. The summed E-state index contributed by atoms with van der Waals surface area (Å²) in [6, 6.07) is 0. The molecular formula is C13H21N2O3S+. The van der Waals surface area contributed by atoms with Crippen molar-refractivity contribution in [2.75, 3.05) is 32.6 Å². The summed E-state index contributed by atoms with van der Waals surface area (Å²) in [5.74, 6) is -0.483. The number of ether oxygens (including phenoxy) is 1. The summed E-state index contributed by atoms with van der Waals surface area (Å²) in [6.07, 6.45) is 0. The Labute approximate surface area is 117 Å². The minimum absolute atomic E-state index is 0.105. The second kappa shape index (κ2) is 6.68. The third kappa shape index (κ3) is 4.04. The molecule has 0 atom stereocenters. The molecule has 106 valence electrons. The Kier molecular flexibility index (Phi) is 5.50. The highest BCUT2D eigenvalue weighted by atomic mass is 32.1. The van der Waals surface area contributed by atoms with E-state index < -0.39 is 0 Å². The van der Waals surface area contributed by atoms with Gasteiger partial charge in [0.2, 0.25) is 0 Å². The molecule has 0 spiro atoms. The lowest BCUT2D eigenvalue weighted by Crippen LogP contribution is -3.06. The maximum absolute atomic E-state index is 11.9. The minimum Gasteiger partial charge on any atom is -0.462 e. The summed E-state index contributed by atoms with van der Waals surface area (Å²) in [6.45, 7) is 6.24. The van der Waals surface area contributed by atoms with Gasteiger partial charge in [-0.05, 0) is 26.3 Å². The van der Waals surface area contributed by atoms with Crippen molar-refractivity contribution in [3.8, 4) is 0 Å². The third-order valence-electron chi connectivity index (χ3n) is 2.63. The molecular weight excluding hydrogens is 264 g/mol. The van der Waals surface area contributed by atoms with Gasteiger partial charge in [-0.2, -0.15) is 0 Å². The topological polar surface area (TPSA) is 59.8 Å². The molecule has 1 aromatic rings. The van der Waals surface area contributed by atoms with Gasteiger partial charge < -0.3 is 15.0 Å². The number of thiophene rings is 1. The van der Waals surface area contributed by atoms with Crippen LogP contribution in [0.4, 0.5) is 5.00 Å². The Balaban J connectivity index is 2.97. The zero-order chi connectivity index (χ0) is 14.6. The van der Waals surface area contributed by atoms with E-state index in [0.29, 0.717) is 23.7 Å². The average Bonchev–Trinajstić information content (AvgIpc) is 2.53. The molecule has 0 aliphatic carbocycles. The number of quaternary nitrogens is 1. The van der Waals surface area contributed by atoms with Crippen molar-refractivity contribution in [3.63, 3.8) is 0 Å². The average molecular weight is 285 g/mol. The molecule has 0 radical (unpaired) electrons. The normalized spacial score (nSPS) is 10.6. The lowest BCUT2D eigenvalue weighted by Gasteiger charge is -2.09. The molecule has 6 heteroatoms. The summed E-state index contributed by atoms with van der Waals surface area (Å²) < 4.78 is 5.04. The van der Waals surface area contributed by atoms with E-state index in [1.165, 1.54) is 11.3 Å². The number of likely N-dealkylation sites (N-methyl/N-ethyl adjacent to an activating group) is 1. The van der Waals surface area contributed by atoms with Crippen molar-refractivity contribution in [1.82, 2.24) is 0 Å². The van der Waals surface area contributed by atoms with Crippen LogP contribution in [0, 0.1) is 13.8 Å². The van der Waals surface area contributed by atoms with Crippen LogP contribution >= 0.6 is 11.3 Å². The van der Waals surface area contributed by atoms with Crippen molar-refractivity contribution in [3.05, 3.63) is 16.0 Å². The van der Waals surface area contributed by atoms with E-state index >= 15 is 0 Å². The van der Waals surface area contributed by atoms with Gasteiger partial charge in [0.05, 0.1) is 26.3 Å². The van der Waals surface area contributed by atoms with Gasteiger partial charge in [0.1, 0.15) is 5.00 Å². The summed E-state index contributed by atoms with van der Waals surface area (Å²) >= 11 is 1.41. The minimum atomic E-state index is -0.378. The predicted octanol–water partition coefficient (Wildman–Crippen LogP) is 0.625. The van der Waals surface area contributed by atoms with Gasteiger partial charge in [0, 0.05) is 4.88 Å². The molecule has 0 saturated heterocycles. The predicted molar refractivity (Wildman–Crippen MR) is 76.1 cm³/mol. The zero-order valence-electron chi connectivity index (χ0n) is 12.0. The van der Waals surface area contributed by atoms with E-state index in [-0.39, 0.29) is 11.9 Å². The number of esters is 1. The number of carbonyl (C=O) groups excluding carboxylic acids is 2. The van der Waals surface area contributed by atoms with E-state index in [1.807, 2.05) is 27.9 Å². The molecule has 5 nitrogen and oxygen atoms in total. The number of aryl methyl sites for hydroxylation is 1. The molecule has 0 fully saturated rings. The van der Waals surface area contributed by atoms with Crippen LogP contribution in [-0.4, -0.2) is 39.1 Å². The summed E-state index contributed by atoms with van der Waals surface area (Å²) in [7, 11) is 3.80. The molecule has 1 aromatic heterocycles. The third-order valence-corrected chi connectivity index (χ3v) is 3.75. The Hall–Kier alpha value is -1.40. The van der Waals surface area contributed by atoms with Crippen LogP contribution in [0.25, 0.3) is 0 Å². The van der Waals surface area contributed by atoms with Gasteiger partial charge >= 0.3 is 5.97 Å². The lowest BCUT2D eigenvalue weighted by molar-refractivity contribution is -0.849. The Morgan fingerprint density at radius 1 is 1.32 bits per heavy atom. The first kappa shape index (κ1) is 15.7. The van der Waals surface area contributed by atoms with Crippen LogP contribution in [0.15, 0.2) is 0 Å². The SMILES string of the molecule is CCOC(=O)c1c(NC(=O)C[NH+](C)C)sc(C)c1C. The highest BCUT2D eigenvalue weighted by molar-refractivity contribution is 7.16. The van der Waals surface area contributed by atoms with Gasteiger partial charge in [0.25, 0.3) is 5.91 Å². The highest BCUT2D eigenvalue weighted by Crippen LogP contribution is 2.32. The van der Waals surface area contributed by atoms with Gasteiger partial charge in [-0.25, -0.2) is 4.79 Å². The first-order valence-corrected chi connectivity index (χ1v) is 7.04. The Bertz CT molecular complexity index is 480. The zero-order valence-corrected chi connectivity index (χ0v) is 12.9. The number of hydrogen-bond acceptors (Lipinski definition) is 4. The van der Waals surface area contributed by atoms with Crippen molar-refractivity contribution < 1.29 is 19.2 Å². The fraction of sp³-hybridized carbons (Fsp3) is 0.538. The first-order chi connectivity index (χ1) is 8.86. The molecule has 0 aromatic carbocycles. The number of amides is 1. The Morgan fingerprint density at radius 2 is 1.95 bits per heavy atom. The van der Waals surface area contributed by atoms with Gasteiger partial charge in [-0.15, -0.1) is 11.3 Å². The number of nitrogens with one attached hydrogen (secondary N) is 2. The second-order valence-corrected chi connectivity index (χ2v) is 5.86. The fourth-order valence-electron chi connectivity index (χ4n) is 1.66. The number of hydrogen-bond donors (Lipinski definition) is 2. The van der Waals surface area contributed by atoms with Crippen LogP contribution in [0.5, 0.6) is 0 Å². The molecule has 1 amide bonds. The molecule has 0 unspecified atom stereocenters. The van der Waals surface area contributed by atoms with Crippen molar-refractivity contribution in [1.29, 1.82) is 0 Å². The van der Waals surface area contributed by atoms with Gasteiger partial charge in [-0.3, -0.25) is 4.79 Å². The highest BCUT2D eigenvalue weighted by Gasteiger charge is 2.22. The first-order valence-electron chi connectivity index (χ1n) is 6.22. The molecule has 0 saturated carbocycles. The van der Waals surface area contributed by atoms with Crippen molar-refractivity contribution in [2.45, 2.75) is 20.8 Å².